The summed E-state index contributed by atoms with van der Waals surface area (Å²) in [5.74, 6) is -1.19. The van der Waals surface area contributed by atoms with E-state index in [1.807, 2.05) is 13.8 Å². The third-order valence-electron chi connectivity index (χ3n) is 1.93. The Balaban J connectivity index is 2.37. The summed E-state index contributed by atoms with van der Waals surface area (Å²) in [6.07, 6.45) is 2.98. The fourth-order valence-electron chi connectivity index (χ4n) is 1.04. The summed E-state index contributed by atoms with van der Waals surface area (Å²) in [4.78, 5) is 26.5. The predicted octanol–water partition coefficient (Wildman–Crippen LogP) is 0.304. The zero-order valence-electron chi connectivity index (χ0n) is 10.4. The second-order valence-corrected chi connectivity index (χ2v) is 4.06. The van der Waals surface area contributed by atoms with Crippen LogP contribution in [0.25, 0.3) is 0 Å². The van der Waals surface area contributed by atoms with E-state index in [1.165, 1.54) is 6.21 Å². The number of aromatic nitrogens is 1. The highest BCUT2D eigenvalue weighted by Crippen LogP contribution is 1.88. The Kier molecular flexibility index (Phi) is 5.50. The first-order valence-corrected chi connectivity index (χ1v) is 5.62. The monoisotopic (exact) mass is 248 g/mol. The van der Waals surface area contributed by atoms with Crippen molar-refractivity contribution in [2.45, 2.75) is 13.8 Å². The van der Waals surface area contributed by atoms with Crippen molar-refractivity contribution >= 4 is 18.0 Å². The van der Waals surface area contributed by atoms with Gasteiger partial charge in [-0.15, -0.1) is 0 Å². The first-order chi connectivity index (χ1) is 8.59. The van der Waals surface area contributed by atoms with Crippen LogP contribution in [0.15, 0.2) is 29.5 Å². The molecule has 1 aromatic rings. The van der Waals surface area contributed by atoms with E-state index in [4.69, 9.17) is 0 Å². The second-order valence-electron chi connectivity index (χ2n) is 4.06. The molecule has 0 aliphatic carbocycles. The standard InChI is InChI=1S/C12H16N4O2/c1-9(2)7-14-11(17)12(18)16-15-8-10-5-3-4-6-13-10/h3-6,8-9H,7H2,1-2H3,(H,14,17)(H,16,18)/b15-8-. The Morgan fingerprint density at radius 3 is 2.78 bits per heavy atom. The summed E-state index contributed by atoms with van der Waals surface area (Å²) in [6, 6.07) is 5.30. The third kappa shape index (κ3) is 5.20. The molecule has 6 nitrogen and oxygen atoms in total. The molecule has 0 aromatic carbocycles. The maximum atomic E-state index is 11.3. The van der Waals surface area contributed by atoms with Gasteiger partial charge in [0, 0.05) is 12.7 Å². The molecule has 1 heterocycles. The van der Waals surface area contributed by atoms with Crippen LogP contribution in [0.5, 0.6) is 0 Å². The highest BCUT2D eigenvalue weighted by atomic mass is 16.2. The van der Waals surface area contributed by atoms with Crippen molar-refractivity contribution in [3.8, 4) is 0 Å². The van der Waals surface area contributed by atoms with Gasteiger partial charge in [-0.3, -0.25) is 14.6 Å². The SMILES string of the molecule is CC(C)CNC(=O)C(=O)N/N=C\c1ccccn1. The molecule has 0 saturated carbocycles. The van der Waals surface area contributed by atoms with Crippen LogP contribution in [0.3, 0.4) is 0 Å². The van der Waals surface area contributed by atoms with E-state index < -0.39 is 11.8 Å². The molecule has 0 aliphatic heterocycles. The smallest absolute Gasteiger partial charge is 0.329 e. The lowest BCUT2D eigenvalue weighted by Crippen LogP contribution is -2.39. The van der Waals surface area contributed by atoms with Gasteiger partial charge in [-0.25, -0.2) is 5.43 Å². The molecule has 0 aliphatic rings. The molecule has 18 heavy (non-hydrogen) atoms. The fourth-order valence-corrected chi connectivity index (χ4v) is 1.04. The Morgan fingerprint density at radius 2 is 2.17 bits per heavy atom. The van der Waals surface area contributed by atoms with E-state index in [1.54, 1.807) is 24.4 Å². The van der Waals surface area contributed by atoms with Crippen LogP contribution < -0.4 is 10.7 Å². The summed E-state index contributed by atoms with van der Waals surface area (Å²) in [5.41, 5.74) is 2.73. The van der Waals surface area contributed by atoms with Crippen molar-refractivity contribution in [2.24, 2.45) is 11.0 Å². The molecule has 0 saturated heterocycles. The Labute approximate surface area is 105 Å². The maximum absolute atomic E-state index is 11.3. The van der Waals surface area contributed by atoms with Crippen molar-refractivity contribution in [3.63, 3.8) is 0 Å². The number of carbonyl (C=O) groups is 2. The van der Waals surface area contributed by atoms with Crippen molar-refractivity contribution in [3.05, 3.63) is 30.1 Å². The lowest BCUT2D eigenvalue weighted by atomic mass is 10.2. The summed E-state index contributed by atoms with van der Waals surface area (Å²) in [7, 11) is 0. The Bertz CT molecular complexity index is 429. The number of hydrogen-bond donors (Lipinski definition) is 2. The summed E-state index contributed by atoms with van der Waals surface area (Å²) in [6.45, 7) is 4.34. The number of carbonyl (C=O) groups excluding carboxylic acids is 2. The van der Waals surface area contributed by atoms with Crippen LogP contribution in [0, 0.1) is 5.92 Å². The molecule has 2 N–H and O–H groups in total. The molecule has 96 valence electrons. The number of nitrogens with one attached hydrogen (secondary N) is 2. The molecule has 0 fully saturated rings. The molecule has 0 bridgehead atoms. The van der Waals surface area contributed by atoms with Gasteiger partial charge in [0.15, 0.2) is 0 Å². The lowest BCUT2D eigenvalue weighted by Gasteiger charge is -2.05. The average Bonchev–Trinajstić information content (AvgIpc) is 2.37. The first kappa shape index (κ1) is 13.8. The lowest BCUT2D eigenvalue weighted by molar-refractivity contribution is -0.139. The first-order valence-electron chi connectivity index (χ1n) is 5.62. The van der Waals surface area contributed by atoms with Crippen molar-refractivity contribution in [2.75, 3.05) is 6.54 Å². The number of amides is 2. The Hall–Kier alpha value is -2.24. The average molecular weight is 248 g/mol. The number of nitrogens with zero attached hydrogens (tertiary/aromatic N) is 2. The minimum absolute atomic E-state index is 0.291. The molecule has 6 heteroatoms. The van der Waals surface area contributed by atoms with Gasteiger partial charge >= 0.3 is 11.8 Å². The fraction of sp³-hybridized carbons (Fsp3) is 0.333. The molecule has 2 amide bonds. The molecule has 0 atom stereocenters. The second kappa shape index (κ2) is 7.16. The molecule has 0 spiro atoms. The van der Waals surface area contributed by atoms with Gasteiger partial charge < -0.3 is 5.32 Å². The van der Waals surface area contributed by atoms with E-state index in [2.05, 4.69) is 20.8 Å². The van der Waals surface area contributed by atoms with Crippen LogP contribution >= 0.6 is 0 Å². The van der Waals surface area contributed by atoms with Crippen LogP contribution in [-0.2, 0) is 9.59 Å². The van der Waals surface area contributed by atoms with Crippen LogP contribution in [-0.4, -0.2) is 29.6 Å². The van der Waals surface area contributed by atoms with Gasteiger partial charge in [0.1, 0.15) is 0 Å². The summed E-state index contributed by atoms with van der Waals surface area (Å²) >= 11 is 0. The van der Waals surface area contributed by atoms with Crippen molar-refractivity contribution in [1.82, 2.24) is 15.7 Å². The zero-order valence-corrected chi connectivity index (χ0v) is 10.4. The number of hydrazone groups is 1. The quantitative estimate of drug-likeness (QED) is 0.457. The molecular weight excluding hydrogens is 232 g/mol. The zero-order chi connectivity index (χ0) is 13.4. The minimum atomic E-state index is -0.789. The van der Waals surface area contributed by atoms with Crippen LogP contribution in [0.2, 0.25) is 0 Å². The van der Waals surface area contributed by atoms with E-state index in [-0.39, 0.29) is 0 Å². The van der Waals surface area contributed by atoms with Crippen molar-refractivity contribution in [1.29, 1.82) is 0 Å². The highest BCUT2D eigenvalue weighted by Gasteiger charge is 2.11. The molecule has 1 rings (SSSR count). The van der Waals surface area contributed by atoms with Gasteiger partial charge in [-0.05, 0) is 18.1 Å². The Morgan fingerprint density at radius 1 is 1.39 bits per heavy atom. The molecule has 0 radical (unpaired) electrons. The predicted molar refractivity (Wildman–Crippen MR) is 67.8 cm³/mol. The minimum Gasteiger partial charge on any atom is -0.348 e. The molecule has 1 aromatic heterocycles. The van der Waals surface area contributed by atoms with Gasteiger partial charge in [0.05, 0.1) is 11.9 Å². The largest absolute Gasteiger partial charge is 0.348 e. The van der Waals surface area contributed by atoms with E-state index in [0.717, 1.165) is 0 Å². The topological polar surface area (TPSA) is 83.5 Å². The molecule has 0 unspecified atom stereocenters. The van der Waals surface area contributed by atoms with Gasteiger partial charge in [-0.1, -0.05) is 19.9 Å². The summed E-state index contributed by atoms with van der Waals surface area (Å²) < 4.78 is 0. The van der Waals surface area contributed by atoms with E-state index in [0.29, 0.717) is 18.2 Å². The normalized spacial score (nSPS) is 10.6. The van der Waals surface area contributed by atoms with Crippen molar-refractivity contribution < 1.29 is 9.59 Å². The number of pyridine rings is 1. The highest BCUT2D eigenvalue weighted by molar-refractivity contribution is 6.35. The van der Waals surface area contributed by atoms with Crippen LogP contribution in [0.1, 0.15) is 19.5 Å². The summed E-state index contributed by atoms with van der Waals surface area (Å²) in [5, 5.41) is 6.13. The van der Waals surface area contributed by atoms with Gasteiger partial charge in [-0.2, -0.15) is 5.10 Å². The third-order valence-corrected chi connectivity index (χ3v) is 1.93. The van der Waals surface area contributed by atoms with Gasteiger partial charge in [0.25, 0.3) is 0 Å². The van der Waals surface area contributed by atoms with E-state index >= 15 is 0 Å². The number of hydrogen-bond acceptors (Lipinski definition) is 4. The van der Waals surface area contributed by atoms with E-state index in [9.17, 15) is 9.59 Å². The van der Waals surface area contributed by atoms with Gasteiger partial charge in [0.2, 0.25) is 0 Å². The maximum Gasteiger partial charge on any atom is 0.329 e. The number of rotatable bonds is 4. The van der Waals surface area contributed by atoms with Crippen LogP contribution in [0.4, 0.5) is 0 Å². The molecular formula is C12H16N4O2.